The fraction of sp³-hybridized carbons (Fsp3) is 0.231. The Balaban J connectivity index is 1.80. The lowest BCUT2D eigenvalue weighted by Gasteiger charge is -2.29. The fourth-order valence-corrected chi connectivity index (χ4v) is 5.84. The molecule has 1 saturated heterocycles. The molecule has 0 aliphatic carbocycles. The Hall–Kier alpha value is -3.34. The van der Waals surface area contributed by atoms with Gasteiger partial charge < -0.3 is 9.30 Å². The van der Waals surface area contributed by atoms with Crippen LogP contribution in [-0.2, 0) is 14.3 Å². The summed E-state index contributed by atoms with van der Waals surface area (Å²) in [7, 11) is 0. The van der Waals surface area contributed by atoms with Gasteiger partial charge in [-0.1, -0.05) is 11.6 Å². The maximum Gasteiger partial charge on any atom is 0.341 e. The molecule has 1 aliphatic heterocycles. The number of amides is 2. The van der Waals surface area contributed by atoms with E-state index in [1.54, 1.807) is 6.92 Å². The van der Waals surface area contributed by atoms with Gasteiger partial charge in [0.15, 0.2) is 5.11 Å². The zero-order valence-corrected chi connectivity index (χ0v) is 23.1. The van der Waals surface area contributed by atoms with Crippen LogP contribution in [0.25, 0.3) is 11.1 Å². The lowest BCUT2D eigenvalue weighted by Crippen LogP contribution is -2.54. The number of thiocarbonyl (C=S) groups is 1. The maximum absolute atomic E-state index is 13.7. The van der Waals surface area contributed by atoms with Gasteiger partial charge in [0.2, 0.25) is 0 Å². The number of carbonyl (C=O) groups excluding carboxylic acids is 3. The van der Waals surface area contributed by atoms with Crippen molar-refractivity contribution in [1.82, 2.24) is 9.88 Å². The van der Waals surface area contributed by atoms with Crippen LogP contribution in [0.4, 0.5) is 10.1 Å². The van der Waals surface area contributed by atoms with E-state index in [-0.39, 0.29) is 28.0 Å². The maximum atomic E-state index is 13.7. The van der Waals surface area contributed by atoms with Crippen molar-refractivity contribution in [3.05, 3.63) is 73.6 Å². The minimum atomic E-state index is -0.670. The highest BCUT2D eigenvalue weighted by molar-refractivity contribution is 7.80. The summed E-state index contributed by atoms with van der Waals surface area (Å²) in [5.41, 5.74) is 3.54. The van der Waals surface area contributed by atoms with Gasteiger partial charge in [0, 0.05) is 16.3 Å². The average Bonchev–Trinajstić information content (AvgIpc) is 3.27. The molecule has 3 heterocycles. The molecule has 11 heteroatoms. The first kappa shape index (κ1) is 26.7. The molecule has 0 atom stereocenters. The standard InChI is InChI=1S/C26H23ClFN3O4S2/c1-6-35-25(34)21-13(3)15(5)37-24(21)30-12(2)9-16(14(30)4)10-18-22(32)29-26(36)31(23(18)33)17-7-8-20(28)19(27)11-17/h7-11H,6H2,1-5H3,(H,29,32,36). The third-order valence-corrected chi connectivity index (χ3v) is 7.85. The highest BCUT2D eigenvalue weighted by Crippen LogP contribution is 2.35. The number of aromatic nitrogens is 1. The topological polar surface area (TPSA) is 80.6 Å². The summed E-state index contributed by atoms with van der Waals surface area (Å²) in [5, 5.41) is 2.90. The Kier molecular flexibility index (Phi) is 7.36. The predicted octanol–water partition coefficient (Wildman–Crippen LogP) is 5.57. The Morgan fingerprint density at radius 1 is 1.22 bits per heavy atom. The highest BCUT2D eigenvalue weighted by atomic mass is 35.5. The van der Waals surface area contributed by atoms with E-state index in [9.17, 15) is 18.8 Å². The van der Waals surface area contributed by atoms with Gasteiger partial charge in [0.1, 0.15) is 16.4 Å². The number of ether oxygens (including phenoxy) is 1. The molecular formula is C26H23ClFN3O4S2. The van der Waals surface area contributed by atoms with Crippen LogP contribution < -0.4 is 10.2 Å². The second-order valence-corrected chi connectivity index (χ2v) is 10.4. The molecule has 0 saturated carbocycles. The largest absolute Gasteiger partial charge is 0.462 e. The molecule has 2 amide bonds. The molecule has 2 aromatic heterocycles. The molecule has 1 aliphatic rings. The Morgan fingerprint density at radius 2 is 1.92 bits per heavy atom. The van der Waals surface area contributed by atoms with E-state index in [2.05, 4.69) is 5.32 Å². The monoisotopic (exact) mass is 559 g/mol. The van der Waals surface area contributed by atoms with Gasteiger partial charge in [-0.3, -0.25) is 19.8 Å². The first-order valence-electron chi connectivity index (χ1n) is 11.3. The number of nitrogens with one attached hydrogen (secondary N) is 1. The zero-order chi connectivity index (χ0) is 27.2. The third kappa shape index (κ3) is 4.72. The molecular weight excluding hydrogens is 537 g/mol. The van der Waals surface area contributed by atoms with Crippen molar-refractivity contribution in [2.45, 2.75) is 34.6 Å². The van der Waals surface area contributed by atoms with Crippen LogP contribution in [0.15, 0.2) is 29.8 Å². The minimum Gasteiger partial charge on any atom is -0.462 e. The lowest BCUT2D eigenvalue weighted by molar-refractivity contribution is -0.122. The van der Waals surface area contributed by atoms with Gasteiger partial charge in [-0.2, -0.15) is 0 Å². The van der Waals surface area contributed by atoms with Gasteiger partial charge in [-0.15, -0.1) is 11.3 Å². The van der Waals surface area contributed by atoms with E-state index in [1.807, 2.05) is 38.3 Å². The molecule has 1 fully saturated rings. The summed E-state index contributed by atoms with van der Waals surface area (Å²) in [6.07, 6.45) is 1.48. The number of nitrogens with zero attached hydrogens (tertiary/aromatic N) is 2. The molecule has 37 heavy (non-hydrogen) atoms. The first-order chi connectivity index (χ1) is 17.5. The van der Waals surface area contributed by atoms with Crippen molar-refractivity contribution in [3.8, 4) is 5.00 Å². The Bertz CT molecular complexity index is 1520. The second kappa shape index (κ2) is 10.2. The Morgan fingerprint density at radius 3 is 2.57 bits per heavy atom. The summed E-state index contributed by atoms with van der Waals surface area (Å²) in [5.74, 6) is -2.37. The van der Waals surface area contributed by atoms with Gasteiger partial charge in [-0.25, -0.2) is 9.18 Å². The number of esters is 1. The van der Waals surface area contributed by atoms with Crippen molar-refractivity contribution in [1.29, 1.82) is 0 Å². The summed E-state index contributed by atoms with van der Waals surface area (Å²) in [6, 6.07) is 5.56. The van der Waals surface area contributed by atoms with Gasteiger partial charge >= 0.3 is 5.97 Å². The summed E-state index contributed by atoms with van der Waals surface area (Å²) >= 11 is 12.6. The highest BCUT2D eigenvalue weighted by Gasteiger charge is 2.35. The van der Waals surface area contributed by atoms with E-state index >= 15 is 0 Å². The molecule has 0 spiro atoms. The van der Waals surface area contributed by atoms with Crippen LogP contribution in [0.3, 0.4) is 0 Å². The number of hydrogen-bond donors (Lipinski definition) is 1. The van der Waals surface area contributed by atoms with E-state index < -0.39 is 23.6 Å². The quantitative estimate of drug-likeness (QED) is 0.191. The normalized spacial score (nSPS) is 14.9. The third-order valence-electron chi connectivity index (χ3n) is 6.08. The van der Waals surface area contributed by atoms with Crippen LogP contribution in [0.1, 0.15) is 44.7 Å². The smallest absolute Gasteiger partial charge is 0.341 e. The van der Waals surface area contributed by atoms with Crippen LogP contribution in [0.2, 0.25) is 5.02 Å². The van der Waals surface area contributed by atoms with Crippen LogP contribution >= 0.6 is 35.2 Å². The van der Waals surface area contributed by atoms with Gasteiger partial charge in [-0.05, 0) is 88.3 Å². The van der Waals surface area contributed by atoms with E-state index in [4.69, 9.17) is 28.6 Å². The van der Waals surface area contributed by atoms with Crippen molar-refractivity contribution >= 4 is 69.8 Å². The lowest BCUT2D eigenvalue weighted by atomic mass is 10.1. The second-order valence-electron chi connectivity index (χ2n) is 8.40. The molecule has 0 radical (unpaired) electrons. The summed E-state index contributed by atoms with van der Waals surface area (Å²) in [6.45, 7) is 9.54. The van der Waals surface area contributed by atoms with Crippen molar-refractivity contribution in [2.24, 2.45) is 0 Å². The number of benzene rings is 1. The number of rotatable bonds is 5. The molecule has 3 aromatic rings. The zero-order valence-electron chi connectivity index (χ0n) is 20.7. The number of anilines is 1. The number of carbonyl (C=O) groups is 3. The van der Waals surface area contributed by atoms with E-state index in [0.29, 0.717) is 16.1 Å². The average molecular weight is 560 g/mol. The molecule has 0 bridgehead atoms. The summed E-state index contributed by atoms with van der Waals surface area (Å²) < 4.78 is 20.9. The molecule has 1 N–H and O–H groups in total. The molecule has 1 aromatic carbocycles. The van der Waals surface area contributed by atoms with Crippen LogP contribution in [0, 0.1) is 33.5 Å². The van der Waals surface area contributed by atoms with Crippen LogP contribution in [0.5, 0.6) is 0 Å². The molecule has 0 unspecified atom stereocenters. The van der Waals surface area contributed by atoms with Crippen LogP contribution in [-0.4, -0.2) is 34.1 Å². The molecule has 7 nitrogen and oxygen atoms in total. The van der Waals surface area contributed by atoms with E-state index in [0.717, 1.165) is 32.8 Å². The number of halogens is 2. The SMILES string of the molecule is CCOC(=O)c1c(-n2c(C)cc(C=C3C(=O)NC(=S)N(c4ccc(F)c(Cl)c4)C3=O)c2C)sc(C)c1C. The van der Waals surface area contributed by atoms with E-state index in [1.165, 1.54) is 29.5 Å². The first-order valence-corrected chi connectivity index (χ1v) is 12.9. The van der Waals surface area contributed by atoms with Gasteiger partial charge in [0.25, 0.3) is 11.8 Å². The number of hydrogen-bond acceptors (Lipinski definition) is 6. The minimum absolute atomic E-state index is 0.135. The summed E-state index contributed by atoms with van der Waals surface area (Å²) in [4.78, 5) is 41.0. The fourth-order valence-electron chi connectivity index (χ4n) is 4.13. The Labute approximate surface area is 227 Å². The van der Waals surface area contributed by atoms with Crippen molar-refractivity contribution in [2.75, 3.05) is 11.5 Å². The number of aryl methyl sites for hydroxylation is 2. The van der Waals surface area contributed by atoms with Crippen molar-refractivity contribution in [3.63, 3.8) is 0 Å². The number of thiophene rings is 1. The van der Waals surface area contributed by atoms with Gasteiger partial charge in [0.05, 0.1) is 22.9 Å². The van der Waals surface area contributed by atoms with Crippen molar-refractivity contribution < 1.29 is 23.5 Å². The predicted molar refractivity (Wildman–Crippen MR) is 146 cm³/mol. The molecule has 192 valence electrons. The molecule has 4 rings (SSSR count).